The number of aromatic nitrogens is 1. The molecular weight excluding hydrogens is 252 g/mol. The fourth-order valence-electron chi connectivity index (χ4n) is 2.60. The Labute approximate surface area is 117 Å². The fourth-order valence-corrected chi connectivity index (χ4v) is 2.60. The zero-order chi connectivity index (χ0) is 13.9. The van der Waals surface area contributed by atoms with Crippen LogP contribution in [0.3, 0.4) is 0 Å². The molecule has 1 unspecified atom stereocenters. The third kappa shape index (κ3) is 2.50. The first-order valence-electron chi connectivity index (χ1n) is 6.72. The van der Waals surface area contributed by atoms with Crippen molar-refractivity contribution in [2.45, 2.75) is 25.4 Å². The van der Waals surface area contributed by atoms with Crippen LogP contribution < -0.4 is 10.5 Å². The SMILES string of the molecule is NC(=O)c1cccnc1OC1CCc2ccccc2C1. The number of benzene rings is 1. The number of amides is 1. The quantitative estimate of drug-likeness (QED) is 0.927. The minimum Gasteiger partial charge on any atom is -0.473 e. The lowest BCUT2D eigenvalue weighted by molar-refractivity contribution is 0.0989. The van der Waals surface area contributed by atoms with E-state index in [4.69, 9.17) is 10.5 Å². The van der Waals surface area contributed by atoms with Crippen LogP contribution in [-0.2, 0) is 12.8 Å². The number of ether oxygens (including phenoxy) is 1. The second kappa shape index (κ2) is 5.33. The molecule has 0 aliphatic heterocycles. The van der Waals surface area contributed by atoms with Crippen LogP contribution in [0.15, 0.2) is 42.6 Å². The molecule has 4 heteroatoms. The van der Waals surface area contributed by atoms with Gasteiger partial charge in [-0.15, -0.1) is 0 Å². The largest absolute Gasteiger partial charge is 0.473 e. The summed E-state index contributed by atoms with van der Waals surface area (Å²) in [6.45, 7) is 0. The van der Waals surface area contributed by atoms with Crippen molar-refractivity contribution in [1.82, 2.24) is 4.98 Å². The summed E-state index contributed by atoms with van der Waals surface area (Å²) in [5.74, 6) is -0.173. The summed E-state index contributed by atoms with van der Waals surface area (Å²) in [6, 6.07) is 11.7. The first-order chi connectivity index (χ1) is 9.74. The summed E-state index contributed by atoms with van der Waals surface area (Å²) < 4.78 is 5.89. The molecule has 4 nitrogen and oxygen atoms in total. The Morgan fingerprint density at radius 2 is 2.00 bits per heavy atom. The van der Waals surface area contributed by atoms with Crippen LogP contribution in [-0.4, -0.2) is 17.0 Å². The number of nitrogens with two attached hydrogens (primary N) is 1. The number of pyridine rings is 1. The Kier molecular flexibility index (Phi) is 3.37. The van der Waals surface area contributed by atoms with Gasteiger partial charge in [-0.3, -0.25) is 4.79 Å². The lowest BCUT2D eigenvalue weighted by Gasteiger charge is -2.25. The molecule has 1 atom stereocenters. The summed E-state index contributed by atoms with van der Waals surface area (Å²) in [5.41, 5.74) is 8.36. The van der Waals surface area contributed by atoms with E-state index in [-0.39, 0.29) is 6.10 Å². The number of hydrogen-bond acceptors (Lipinski definition) is 3. The van der Waals surface area contributed by atoms with Gasteiger partial charge < -0.3 is 10.5 Å². The molecule has 1 aliphatic carbocycles. The van der Waals surface area contributed by atoms with Crippen molar-refractivity contribution in [3.8, 4) is 5.88 Å². The van der Waals surface area contributed by atoms with Gasteiger partial charge in [0.1, 0.15) is 11.7 Å². The van der Waals surface area contributed by atoms with Gasteiger partial charge in [-0.1, -0.05) is 24.3 Å². The third-order valence-electron chi connectivity index (χ3n) is 3.62. The number of primary amides is 1. The van der Waals surface area contributed by atoms with Crippen LogP contribution in [0.25, 0.3) is 0 Å². The minimum atomic E-state index is -0.510. The molecular formula is C16H16N2O2. The van der Waals surface area contributed by atoms with Crippen molar-refractivity contribution >= 4 is 5.91 Å². The summed E-state index contributed by atoms with van der Waals surface area (Å²) >= 11 is 0. The first kappa shape index (κ1) is 12.7. The van der Waals surface area contributed by atoms with E-state index in [1.165, 1.54) is 11.1 Å². The smallest absolute Gasteiger partial charge is 0.254 e. The number of fused-ring (bicyclic) bond motifs is 1. The molecule has 1 aromatic carbocycles. The van der Waals surface area contributed by atoms with E-state index in [2.05, 4.69) is 23.2 Å². The van der Waals surface area contributed by atoms with Crippen molar-refractivity contribution in [2.24, 2.45) is 5.73 Å². The lowest BCUT2D eigenvalue weighted by Crippen LogP contribution is -2.27. The van der Waals surface area contributed by atoms with Gasteiger partial charge in [-0.25, -0.2) is 4.98 Å². The van der Waals surface area contributed by atoms with E-state index in [0.29, 0.717) is 11.4 Å². The van der Waals surface area contributed by atoms with Gasteiger partial charge in [0.2, 0.25) is 5.88 Å². The van der Waals surface area contributed by atoms with E-state index in [9.17, 15) is 4.79 Å². The zero-order valence-electron chi connectivity index (χ0n) is 11.1. The standard InChI is InChI=1S/C16H16N2O2/c17-15(19)14-6-3-9-18-16(14)20-13-8-7-11-4-1-2-5-12(11)10-13/h1-6,9,13H,7-8,10H2,(H2,17,19). The summed E-state index contributed by atoms with van der Waals surface area (Å²) in [5, 5.41) is 0. The zero-order valence-corrected chi connectivity index (χ0v) is 11.1. The molecule has 20 heavy (non-hydrogen) atoms. The van der Waals surface area contributed by atoms with Gasteiger partial charge >= 0.3 is 0 Å². The Morgan fingerprint density at radius 3 is 2.80 bits per heavy atom. The highest BCUT2D eigenvalue weighted by Gasteiger charge is 2.21. The summed E-state index contributed by atoms with van der Waals surface area (Å²) in [7, 11) is 0. The Balaban J connectivity index is 1.79. The maximum atomic E-state index is 11.4. The molecule has 2 N–H and O–H groups in total. The Hall–Kier alpha value is -2.36. The van der Waals surface area contributed by atoms with Gasteiger partial charge in [-0.2, -0.15) is 0 Å². The second-order valence-corrected chi connectivity index (χ2v) is 4.97. The number of hydrogen-bond donors (Lipinski definition) is 1. The van der Waals surface area contributed by atoms with Crippen molar-refractivity contribution in [1.29, 1.82) is 0 Å². The molecule has 1 heterocycles. The summed E-state index contributed by atoms with van der Waals surface area (Å²) in [4.78, 5) is 15.5. The highest BCUT2D eigenvalue weighted by molar-refractivity contribution is 5.94. The van der Waals surface area contributed by atoms with Gasteiger partial charge in [0.05, 0.1) is 0 Å². The van der Waals surface area contributed by atoms with E-state index in [0.717, 1.165) is 19.3 Å². The molecule has 0 bridgehead atoms. The fraction of sp³-hybridized carbons (Fsp3) is 0.250. The van der Waals surface area contributed by atoms with E-state index in [1.54, 1.807) is 18.3 Å². The van der Waals surface area contributed by atoms with E-state index >= 15 is 0 Å². The van der Waals surface area contributed by atoms with Crippen LogP contribution in [0.2, 0.25) is 0 Å². The topological polar surface area (TPSA) is 65.2 Å². The number of rotatable bonds is 3. The maximum Gasteiger partial charge on any atom is 0.254 e. The van der Waals surface area contributed by atoms with Crippen LogP contribution in [0.4, 0.5) is 0 Å². The van der Waals surface area contributed by atoms with E-state index in [1.807, 2.05) is 6.07 Å². The van der Waals surface area contributed by atoms with E-state index < -0.39 is 5.91 Å². The van der Waals surface area contributed by atoms with Gasteiger partial charge in [0, 0.05) is 12.6 Å². The third-order valence-corrected chi connectivity index (χ3v) is 3.62. The number of nitrogens with zero attached hydrogens (tertiary/aromatic N) is 1. The predicted octanol–water partition coefficient (Wildman–Crippen LogP) is 2.12. The highest BCUT2D eigenvalue weighted by Crippen LogP contribution is 2.25. The maximum absolute atomic E-state index is 11.4. The predicted molar refractivity (Wildman–Crippen MR) is 75.6 cm³/mol. The second-order valence-electron chi connectivity index (χ2n) is 4.97. The van der Waals surface area contributed by atoms with Crippen molar-refractivity contribution in [2.75, 3.05) is 0 Å². The first-order valence-corrected chi connectivity index (χ1v) is 6.72. The molecule has 3 rings (SSSR count). The van der Waals surface area contributed by atoms with Crippen molar-refractivity contribution < 1.29 is 9.53 Å². The van der Waals surface area contributed by atoms with Crippen LogP contribution in [0.1, 0.15) is 27.9 Å². The Bertz CT molecular complexity index is 640. The molecule has 0 saturated carbocycles. The Morgan fingerprint density at radius 1 is 1.20 bits per heavy atom. The average molecular weight is 268 g/mol. The lowest BCUT2D eigenvalue weighted by atomic mass is 9.90. The van der Waals surface area contributed by atoms with Crippen molar-refractivity contribution in [3.05, 3.63) is 59.3 Å². The molecule has 0 spiro atoms. The van der Waals surface area contributed by atoms with Crippen LogP contribution in [0.5, 0.6) is 5.88 Å². The minimum absolute atomic E-state index is 0.0397. The molecule has 2 aromatic rings. The van der Waals surface area contributed by atoms with Crippen LogP contribution >= 0.6 is 0 Å². The number of carbonyl (C=O) groups is 1. The van der Waals surface area contributed by atoms with Gasteiger partial charge in [0.25, 0.3) is 5.91 Å². The summed E-state index contributed by atoms with van der Waals surface area (Å²) in [6.07, 6.45) is 4.40. The molecule has 0 saturated heterocycles. The number of carbonyl (C=O) groups excluding carboxylic acids is 1. The monoisotopic (exact) mass is 268 g/mol. The van der Waals surface area contributed by atoms with Crippen molar-refractivity contribution in [3.63, 3.8) is 0 Å². The molecule has 102 valence electrons. The molecule has 1 amide bonds. The molecule has 1 aliphatic rings. The average Bonchev–Trinajstić information content (AvgIpc) is 2.47. The molecule has 0 fully saturated rings. The highest BCUT2D eigenvalue weighted by atomic mass is 16.5. The van der Waals surface area contributed by atoms with Gasteiger partial charge in [-0.05, 0) is 36.1 Å². The molecule has 1 aromatic heterocycles. The van der Waals surface area contributed by atoms with Crippen LogP contribution in [0, 0.1) is 0 Å². The normalized spacial score (nSPS) is 17.3. The van der Waals surface area contributed by atoms with Gasteiger partial charge in [0.15, 0.2) is 0 Å². The molecule has 0 radical (unpaired) electrons. The number of aryl methyl sites for hydroxylation is 1.